The number of allylic oxidation sites excluding steroid dienone is 2. The Balaban J connectivity index is 0.00000648. The van der Waals surface area contributed by atoms with E-state index in [0.717, 1.165) is 48.5 Å². The maximum Gasteiger partial charge on any atom is 0.0848 e. The fourth-order valence-corrected chi connectivity index (χ4v) is 4.08. The molecule has 0 fully saturated rings. The molecule has 36 heavy (non-hydrogen) atoms. The molecule has 0 amide bonds. The normalized spacial score (nSPS) is 12.3. The van der Waals surface area contributed by atoms with Crippen molar-refractivity contribution in [3.8, 4) is 0 Å². The molecule has 0 bridgehead atoms. The molecule has 2 rings (SSSR count). The predicted molar refractivity (Wildman–Crippen MR) is 157 cm³/mol. The van der Waals surface area contributed by atoms with Crippen LogP contribution in [0.1, 0.15) is 107 Å². The predicted octanol–water partition coefficient (Wildman–Crippen LogP) is 10.7. The number of hydrogen-bond acceptors (Lipinski definition) is 2. The van der Waals surface area contributed by atoms with Crippen molar-refractivity contribution in [3.63, 3.8) is 0 Å². The van der Waals surface area contributed by atoms with Gasteiger partial charge in [-0.15, -0.1) is 0 Å². The van der Waals surface area contributed by atoms with Gasteiger partial charge in [0, 0.05) is 16.5 Å². The van der Waals surface area contributed by atoms with Crippen LogP contribution in [-0.4, -0.2) is 11.4 Å². The van der Waals surface area contributed by atoms with Crippen molar-refractivity contribution in [2.24, 2.45) is 9.98 Å². The molecule has 0 aliphatic heterocycles. The summed E-state index contributed by atoms with van der Waals surface area (Å²) < 4.78 is 0. The molecular formula is C33H48N2Ni. The van der Waals surface area contributed by atoms with E-state index in [1.165, 1.54) is 67.2 Å². The number of rotatable bonds is 15. The van der Waals surface area contributed by atoms with Crippen molar-refractivity contribution in [2.75, 3.05) is 0 Å². The quantitative estimate of drug-likeness (QED) is 0.124. The van der Waals surface area contributed by atoms with Gasteiger partial charge in [0.15, 0.2) is 0 Å². The average Bonchev–Trinajstić information content (AvgIpc) is 2.84. The molecule has 3 heteroatoms. The molecule has 0 heterocycles. The molecule has 0 spiro atoms. The second kappa shape index (κ2) is 18.3. The maximum absolute atomic E-state index is 5.13. The van der Waals surface area contributed by atoms with E-state index in [1.54, 1.807) is 0 Å². The van der Waals surface area contributed by atoms with E-state index < -0.39 is 0 Å². The zero-order valence-corrected chi connectivity index (χ0v) is 24.6. The summed E-state index contributed by atoms with van der Waals surface area (Å²) in [4.78, 5) is 10.2. The fourth-order valence-electron chi connectivity index (χ4n) is 4.08. The minimum absolute atomic E-state index is 0. The molecule has 0 saturated carbocycles. The molecular weight excluding hydrogens is 483 g/mol. The first-order valence-corrected chi connectivity index (χ1v) is 13.9. The SMILES string of the molecule is CCCCCCCCC/C=C/C(=Nc1ccc(C)c(C)c1)C(CCCC)=Nc1ccc(C)c(C)c1.[Ni]. The van der Waals surface area contributed by atoms with Crippen LogP contribution in [0.3, 0.4) is 0 Å². The number of benzene rings is 2. The average molecular weight is 531 g/mol. The molecule has 0 unspecified atom stereocenters. The monoisotopic (exact) mass is 530 g/mol. The van der Waals surface area contributed by atoms with Crippen LogP contribution in [0.2, 0.25) is 0 Å². The van der Waals surface area contributed by atoms with Gasteiger partial charge in [-0.2, -0.15) is 0 Å². The largest absolute Gasteiger partial charge is 0.251 e. The Labute approximate surface area is 231 Å². The van der Waals surface area contributed by atoms with Crippen LogP contribution < -0.4 is 0 Å². The van der Waals surface area contributed by atoms with Crippen LogP contribution in [-0.2, 0) is 16.5 Å². The zero-order chi connectivity index (χ0) is 25.5. The summed E-state index contributed by atoms with van der Waals surface area (Å²) in [5.41, 5.74) is 9.28. The molecule has 0 aliphatic rings. The zero-order valence-electron chi connectivity index (χ0n) is 23.6. The topological polar surface area (TPSA) is 24.7 Å². The third kappa shape index (κ3) is 11.8. The van der Waals surface area contributed by atoms with E-state index in [1.807, 2.05) is 0 Å². The summed E-state index contributed by atoms with van der Waals surface area (Å²) in [6, 6.07) is 13.0. The first kappa shape index (κ1) is 32.0. The van der Waals surface area contributed by atoms with Crippen molar-refractivity contribution in [1.82, 2.24) is 0 Å². The summed E-state index contributed by atoms with van der Waals surface area (Å²) in [5.74, 6) is 0. The van der Waals surface area contributed by atoms with Gasteiger partial charge in [0.05, 0.1) is 22.8 Å². The van der Waals surface area contributed by atoms with Gasteiger partial charge in [-0.3, -0.25) is 4.99 Å². The smallest absolute Gasteiger partial charge is 0.0848 e. The second-order valence-electron chi connectivity index (χ2n) is 10.0. The van der Waals surface area contributed by atoms with E-state index >= 15 is 0 Å². The van der Waals surface area contributed by atoms with E-state index in [0.29, 0.717) is 0 Å². The summed E-state index contributed by atoms with van der Waals surface area (Å²) in [6.07, 6.45) is 18.2. The molecule has 0 atom stereocenters. The molecule has 0 aliphatic carbocycles. The van der Waals surface area contributed by atoms with Crippen molar-refractivity contribution >= 4 is 22.8 Å². The van der Waals surface area contributed by atoms with Gasteiger partial charge < -0.3 is 0 Å². The van der Waals surface area contributed by atoms with Gasteiger partial charge >= 0.3 is 0 Å². The molecule has 2 nitrogen and oxygen atoms in total. The summed E-state index contributed by atoms with van der Waals surface area (Å²) in [7, 11) is 0. The van der Waals surface area contributed by atoms with Gasteiger partial charge in [-0.25, -0.2) is 4.99 Å². The molecule has 200 valence electrons. The first-order valence-electron chi connectivity index (χ1n) is 13.9. The van der Waals surface area contributed by atoms with E-state index in [9.17, 15) is 0 Å². The Bertz CT molecular complexity index is 1000. The van der Waals surface area contributed by atoms with Crippen molar-refractivity contribution < 1.29 is 16.5 Å². The summed E-state index contributed by atoms with van der Waals surface area (Å²) in [5, 5.41) is 0. The summed E-state index contributed by atoms with van der Waals surface area (Å²) in [6.45, 7) is 13.1. The van der Waals surface area contributed by atoms with Gasteiger partial charge in [0.25, 0.3) is 0 Å². The number of hydrogen-bond donors (Lipinski definition) is 0. The molecule has 0 saturated heterocycles. The summed E-state index contributed by atoms with van der Waals surface area (Å²) >= 11 is 0. The molecule has 0 radical (unpaired) electrons. The maximum atomic E-state index is 5.13. The second-order valence-corrected chi connectivity index (χ2v) is 10.0. The number of aliphatic imine (C=N–C) groups is 2. The minimum Gasteiger partial charge on any atom is -0.251 e. The van der Waals surface area contributed by atoms with E-state index in [2.05, 4.69) is 90.1 Å². The van der Waals surface area contributed by atoms with Crippen LogP contribution in [0.4, 0.5) is 11.4 Å². The number of aryl methyl sites for hydroxylation is 4. The van der Waals surface area contributed by atoms with Crippen LogP contribution in [0.15, 0.2) is 58.5 Å². The van der Waals surface area contributed by atoms with E-state index in [-0.39, 0.29) is 16.5 Å². The Morgan fingerprint density at radius 3 is 1.72 bits per heavy atom. The standard InChI is InChI=1S/C33H48N2.Ni/c1-7-9-11-12-13-14-15-16-17-19-33(35-31-23-21-27(4)29(6)25-31)32(18-10-8-2)34-30-22-20-26(3)28(5)24-30;/h17,19-25H,7-16,18H2,1-6H3;/b19-17+,34-32?,35-33?;. The Morgan fingerprint density at radius 1 is 0.639 bits per heavy atom. The Kier molecular flexibility index (Phi) is 16.3. The van der Waals surface area contributed by atoms with Crippen LogP contribution in [0.5, 0.6) is 0 Å². The first-order chi connectivity index (χ1) is 16.9. The van der Waals surface area contributed by atoms with Crippen molar-refractivity contribution in [2.45, 2.75) is 112 Å². The van der Waals surface area contributed by atoms with E-state index in [4.69, 9.17) is 9.98 Å². The Morgan fingerprint density at radius 2 is 1.17 bits per heavy atom. The molecule has 0 aromatic heterocycles. The number of unbranched alkanes of at least 4 members (excludes halogenated alkanes) is 8. The fraction of sp³-hybridized carbons (Fsp3) is 0.515. The van der Waals surface area contributed by atoms with Gasteiger partial charge in [0.2, 0.25) is 0 Å². The third-order valence-corrected chi connectivity index (χ3v) is 6.81. The Hall–Kier alpha value is -1.99. The number of nitrogens with zero attached hydrogens (tertiary/aromatic N) is 2. The van der Waals surface area contributed by atoms with Crippen LogP contribution in [0.25, 0.3) is 0 Å². The van der Waals surface area contributed by atoms with Crippen molar-refractivity contribution in [3.05, 3.63) is 70.8 Å². The molecule has 0 N–H and O–H groups in total. The van der Waals surface area contributed by atoms with Gasteiger partial charge in [0.1, 0.15) is 0 Å². The van der Waals surface area contributed by atoms with Crippen molar-refractivity contribution in [1.29, 1.82) is 0 Å². The minimum atomic E-state index is 0. The van der Waals surface area contributed by atoms with Crippen LogP contribution >= 0.6 is 0 Å². The molecule has 2 aromatic rings. The third-order valence-electron chi connectivity index (χ3n) is 6.81. The van der Waals surface area contributed by atoms with Gasteiger partial charge in [-0.05, 0) is 106 Å². The van der Waals surface area contributed by atoms with Crippen LogP contribution in [0, 0.1) is 27.7 Å². The van der Waals surface area contributed by atoms with Gasteiger partial charge in [-0.1, -0.05) is 77.0 Å². The molecule has 2 aromatic carbocycles.